The number of urea groups is 1. The van der Waals surface area contributed by atoms with Crippen molar-refractivity contribution >= 4 is 23.4 Å². The molecule has 1 aliphatic heterocycles. The largest absolute Gasteiger partial charge is 0.497 e. The maximum absolute atomic E-state index is 12.6. The van der Waals surface area contributed by atoms with Crippen LogP contribution in [0.3, 0.4) is 0 Å². The first kappa shape index (κ1) is 19.5. The number of nitrogens with zero attached hydrogens (tertiary/aromatic N) is 4. The quantitative estimate of drug-likeness (QED) is 0.787. The maximum Gasteiger partial charge on any atom is 0.321 e. The van der Waals surface area contributed by atoms with Crippen molar-refractivity contribution in [3.05, 3.63) is 30.3 Å². The summed E-state index contributed by atoms with van der Waals surface area (Å²) < 4.78 is 10.5. The average molecular weight is 386 g/mol. The first-order valence-corrected chi connectivity index (χ1v) is 9.24. The van der Waals surface area contributed by atoms with E-state index in [0.717, 1.165) is 18.2 Å². The summed E-state index contributed by atoms with van der Waals surface area (Å²) in [7, 11) is 3.15. The summed E-state index contributed by atoms with van der Waals surface area (Å²) in [6.45, 7) is 5.42. The number of methoxy groups -OCH3 is 2. The van der Waals surface area contributed by atoms with Gasteiger partial charge < -0.3 is 29.9 Å². The molecule has 2 heterocycles. The second kappa shape index (κ2) is 9.12. The zero-order valence-electron chi connectivity index (χ0n) is 16.4. The fraction of sp³-hybridized carbons (Fsp3) is 0.421. The zero-order valence-corrected chi connectivity index (χ0v) is 16.4. The van der Waals surface area contributed by atoms with Crippen LogP contribution in [-0.4, -0.2) is 68.1 Å². The SMILES string of the molecule is CCNc1ccc(N2CCN(C(=O)Nc3cc(OC)cc(OC)c3)CC2)nn1. The van der Waals surface area contributed by atoms with Crippen molar-refractivity contribution in [2.45, 2.75) is 6.92 Å². The smallest absolute Gasteiger partial charge is 0.321 e. The van der Waals surface area contributed by atoms with E-state index >= 15 is 0 Å². The molecule has 2 aromatic rings. The summed E-state index contributed by atoms with van der Waals surface area (Å²) in [6.07, 6.45) is 0. The Balaban J connectivity index is 1.56. The van der Waals surface area contributed by atoms with Crippen LogP contribution in [-0.2, 0) is 0 Å². The Hall–Kier alpha value is -3.23. The second-order valence-electron chi connectivity index (χ2n) is 6.31. The number of hydrogen-bond acceptors (Lipinski definition) is 7. The summed E-state index contributed by atoms with van der Waals surface area (Å²) in [5.74, 6) is 2.83. The highest BCUT2D eigenvalue weighted by atomic mass is 16.5. The van der Waals surface area contributed by atoms with Gasteiger partial charge in [0.1, 0.15) is 17.3 Å². The van der Waals surface area contributed by atoms with Gasteiger partial charge >= 0.3 is 6.03 Å². The van der Waals surface area contributed by atoms with E-state index in [1.807, 2.05) is 19.1 Å². The van der Waals surface area contributed by atoms with Gasteiger partial charge in [-0.25, -0.2) is 4.79 Å². The van der Waals surface area contributed by atoms with Crippen molar-refractivity contribution in [3.8, 4) is 11.5 Å². The number of benzene rings is 1. The summed E-state index contributed by atoms with van der Waals surface area (Å²) in [6, 6.07) is 9.00. The monoisotopic (exact) mass is 386 g/mol. The molecule has 0 saturated carbocycles. The zero-order chi connectivity index (χ0) is 19.9. The van der Waals surface area contributed by atoms with Crippen LogP contribution in [0.5, 0.6) is 11.5 Å². The molecule has 1 aliphatic rings. The van der Waals surface area contributed by atoms with Gasteiger partial charge in [0.05, 0.1) is 14.2 Å². The van der Waals surface area contributed by atoms with Gasteiger partial charge in [-0.15, -0.1) is 10.2 Å². The molecule has 1 fully saturated rings. The Morgan fingerprint density at radius 3 is 2.25 bits per heavy atom. The lowest BCUT2D eigenvalue weighted by Gasteiger charge is -2.35. The molecule has 0 radical (unpaired) electrons. The van der Waals surface area contributed by atoms with Crippen LogP contribution in [0.4, 0.5) is 22.1 Å². The van der Waals surface area contributed by atoms with E-state index in [0.29, 0.717) is 43.4 Å². The van der Waals surface area contributed by atoms with E-state index < -0.39 is 0 Å². The molecule has 28 heavy (non-hydrogen) atoms. The molecule has 0 unspecified atom stereocenters. The molecule has 0 aliphatic carbocycles. The highest BCUT2D eigenvalue weighted by Crippen LogP contribution is 2.26. The number of nitrogens with one attached hydrogen (secondary N) is 2. The minimum absolute atomic E-state index is 0.150. The molecule has 3 rings (SSSR count). The first-order chi connectivity index (χ1) is 13.6. The molecule has 0 atom stereocenters. The Bertz CT molecular complexity index is 769. The molecule has 9 heteroatoms. The van der Waals surface area contributed by atoms with Gasteiger partial charge in [0.15, 0.2) is 5.82 Å². The van der Waals surface area contributed by atoms with Crippen LogP contribution >= 0.6 is 0 Å². The lowest BCUT2D eigenvalue weighted by molar-refractivity contribution is 0.208. The van der Waals surface area contributed by atoms with Crippen LogP contribution in [0.1, 0.15) is 6.92 Å². The molecular weight excluding hydrogens is 360 g/mol. The topological polar surface area (TPSA) is 91.9 Å². The fourth-order valence-electron chi connectivity index (χ4n) is 2.99. The van der Waals surface area contributed by atoms with E-state index in [1.165, 1.54) is 0 Å². The highest BCUT2D eigenvalue weighted by molar-refractivity contribution is 5.90. The minimum atomic E-state index is -0.150. The molecular formula is C19H26N6O3. The lowest BCUT2D eigenvalue weighted by Crippen LogP contribution is -2.50. The van der Waals surface area contributed by atoms with Crippen molar-refractivity contribution < 1.29 is 14.3 Å². The van der Waals surface area contributed by atoms with Gasteiger partial charge in [-0.1, -0.05) is 0 Å². The van der Waals surface area contributed by atoms with Crippen LogP contribution in [0.2, 0.25) is 0 Å². The van der Waals surface area contributed by atoms with Crippen LogP contribution in [0, 0.1) is 0 Å². The predicted molar refractivity (Wildman–Crippen MR) is 109 cm³/mol. The molecule has 0 bridgehead atoms. The Morgan fingerprint density at radius 1 is 1.04 bits per heavy atom. The number of anilines is 3. The Kier molecular flexibility index (Phi) is 6.36. The van der Waals surface area contributed by atoms with Gasteiger partial charge in [-0.2, -0.15) is 0 Å². The Morgan fingerprint density at radius 2 is 1.71 bits per heavy atom. The van der Waals surface area contributed by atoms with Crippen LogP contribution in [0.15, 0.2) is 30.3 Å². The van der Waals surface area contributed by atoms with Crippen molar-refractivity contribution in [1.29, 1.82) is 0 Å². The summed E-state index contributed by atoms with van der Waals surface area (Å²) in [5.41, 5.74) is 0.633. The predicted octanol–water partition coefficient (Wildman–Crippen LogP) is 2.28. The van der Waals surface area contributed by atoms with Crippen molar-refractivity contribution in [2.75, 3.05) is 62.5 Å². The van der Waals surface area contributed by atoms with Gasteiger partial charge in [0.2, 0.25) is 0 Å². The number of carbonyl (C=O) groups excluding carboxylic acids is 1. The standard InChI is InChI=1S/C19H26N6O3/c1-4-20-17-5-6-18(23-22-17)24-7-9-25(10-8-24)19(26)21-14-11-15(27-2)13-16(12-14)28-3/h5-6,11-13H,4,7-10H2,1-3H3,(H,20,22)(H,21,26). The minimum Gasteiger partial charge on any atom is -0.497 e. The molecule has 9 nitrogen and oxygen atoms in total. The third-order valence-corrected chi connectivity index (χ3v) is 4.50. The number of amides is 2. The normalized spacial score (nSPS) is 13.8. The van der Waals surface area contributed by atoms with Gasteiger partial charge in [0.25, 0.3) is 0 Å². The maximum atomic E-state index is 12.6. The summed E-state index contributed by atoms with van der Waals surface area (Å²) in [5, 5.41) is 14.5. The van der Waals surface area contributed by atoms with Gasteiger partial charge in [-0.3, -0.25) is 0 Å². The first-order valence-electron chi connectivity index (χ1n) is 9.24. The van der Waals surface area contributed by atoms with E-state index in [-0.39, 0.29) is 6.03 Å². The number of rotatable bonds is 6. The number of aromatic nitrogens is 2. The Labute approximate surface area is 164 Å². The molecule has 150 valence electrons. The van der Waals surface area contributed by atoms with Crippen molar-refractivity contribution in [3.63, 3.8) is 0 Å². The highest BCUT2D eigenvalue weighted by Gasteiger charge is 2.22. The molecule has 0 spiro atoms. The number of hydrogen-bond donors (Lipinski definition) is 2. The fourth-order valence-corrected chi connectivity index (χ4v) is 2.99. The number of ether oxygens (including phenoxy) is 2. The van der Waals surface area contributed by atoms with E-state index in [9.17, 15) is 4.79 Å². The van der Waals surface area contributed by atoms with Crippen LogP contribution < -0.4 is 25.0 Å². The number of piperazine rings is 1. The average Bonchev–Trinajstić information content (AvgIpc) is 2.74. The lowest BCUT2D eigenvalue weighted by atomic mass is 10.2. The second-order valence-corrected chi connectivity index (χ2v) is 6.31. The summed E-state index contributed by atoms with van der Waals surface area (Å²) >= 11 is 0. The molecule has 2 amide bonds. The van der Waals surface area contributed by atoms with E-state index in [1.54, 1.807) is 37.3 Å². The van der Waals surface area contributed by atoms with Crippen molar-refractivity contribution in [2.24, 2.45) is 0 Å². The molecule has 1 aromatic heterocycles. The van der Waals surface area contributed by atoms with Crippen molar-refractivity contribution in [1.82, 2.24) is 15.1 Å². The number of carbonyl (C=O) groups is 1. The summed E-state index contributed by atoms with van der Waals surface area (Å²) in [4.78, 5) is 16.5. The molecule has 1 aromatic carbocycles. The van der Waals surface area contributed by atoms with Gasteiger partial charge in [0, 0.05) is 56.6 Å². The third-order valence-electron chi connectivity index (χ3n) is 4.50. The third kappa shape index (κ3) is 4.73. The van der Waals surface area contributed by atoms with Gasteiger partial charge in [-0.05, 0) is 19.1 Å². The molecule has 2 N–H and O–H groups in total. The molecule has 1 saturated heterocycles. The van der Waals surface area contributed by atoms with Crippen LogP contribution in [0.25, 0.3) is 0 Å². The van der Waals surface area contributed by atoms with E-state index in [4.69, 9.17) is 9.47 Å². The van der Waals surface area contributed by atoms with E-state index in [2.05, 4.69) is 25.7 Å².